The van der Waals surface area contributed by atoms with E-state index < -0.39 is 17.4 Å². The smallest absolute Gasteiger partial charge is 0.277 e. The molecule has 20 heavy (non-hydrogen) atoms. The number of carbonyl (C=O) groups is 3. The second-order valence-electron chi connectivity index (χ2n) is 5.97. The number of hydrogen-bond donors (Lipinski definition) is 1. The van der Waals surface area contributed by atoms with Gasteiger partial charge < -0.3 is 0 Å². The van der Waals surface area contributed by atoms with Gasteiger partial charge in [-0.3, -0.25) is 19.8 Å². The minimum Gasteiger partial charge on any atom is -0.277 e. The average Bonchev–Trinajstić information content (AvgIpc) is 2.46. The number of rotatable bonds is 4. The number of carbonyl (C=O) groups excluding carboxylic acids is 3. The van der Waals surface area contributed by atoms with E-state index in [9.17, 15) is 14.4 Å². The van der Waals surface area contributed by atoms with Crippen LogP contribution in [0.1, 0.15) is 58.8 Å². The van der Waals surface area contributed by atoms with E-state index in [-0.39, 0.29) is 5.91 Å². The fourth-order valence-corrected chi connectivity index (χ4v) is 3.40. The van der Waals surface area contributed by atoms with Crippen LogP contribution in [0.2, 0.25) is 0 Å². The SMILES string of the molecule is CCC1(CC)C(=O)NC(=O)N(CC2CCCCC2)C1=O. The molecule has 0 aromatic carbocycles. The molecule has 2 rings (SSSR count). The molecule has 0 unspecified atom stereocenters. The summed E-state index contributed by atoms with van der Waals surface area (Å²) in [6.45, 7) is 4.12. The quantitative estimate of drug-likeness (QED) is 0.804. The van der Waals surface area contributed by atoms with E-state index in [2.05, 4.69) is 5.32 Å². The molecule has 0 bridgehead atoms. The van der Waals surface area contributed by atoms with Crippen LogP contribution in [0.25, 0.3) is 0 Å². The van der Waals surface area contributed by atoms with Crippen molar-refractivity contribution in [3.8, 4) is 0 Å². The predicted octanol–water partition coefficient (Wildman–Crippen LogP) is 2.45. The first-order valence-corrected chi connectivity index (χ1v) is 7.72. The highest BCUT2D eigenvalue weighted by Gasteiger charge is 2.51. The second-order valence-corrected chi connectivity index (χ2v) is 5.97. The van der Waals surface area contributed by atoms with E-state index in [0.29, 0.717) is 25.3 Å². The second kappa shape index (κ2) is 5.94. The Kier molecular flexibility index (Phi) is 4.45. The van der Waals surface area contributed by atoms with Gasteiger partial charge in [0.05, 0.1) is 0 Å². The number of imide groups is 2. The molecule has 1 aliphatic carbocycles. The molecular weight excluding hydrogens is 256 g/mol. The number of nitrogens with one attached hydrogen (secondary N) is 1. The molecule has 1 N–H and O–H groups in total. The van der Waals surface area contributed by atoms with Gasteiger partial charge in [-0.1, -0.05) is 33.1 Å². The Labute approximate surface area is 120 Å². The zero-order valence-electron chi connectivity index (χ0n) is 12.4. The summed E-state index contributed by atoms with van der Waals surface area (Å²) in [5.74, 6) is -0.350. The number of amides is 4. The molecule has 0 aromatic rings. The van der Waals surface area contributed by atoms with Crippen LogP contribution in [0.5, 0.6) is 0 Å². The van der Waals surface area contributed by atoms with E-state index in [4.69, 9.17) is 0 Å². The number of nitrogens with zero attached hydrogens (tertiary/aromatic N) is 1. The van der Waals surface area contributed by atoms with Crippen LogP contribution >= 0.6 is 0 Å². The van der Waals surface area contributed by atoms with Crippen LogP contribution in [0.3, 0.4) is 0 Å². The van der Waals surface area contributed by atoms with Crippen LogP contribution in [-0.4, -0.2) is 29.3 Å². The van der Waals surface area contributed by atoms with Crippen LogP contribution in [0.4, 0.5) is 4.79 Å². The third kappa shape index (κ3) is 2.45. The van der Waals surface area contributed by atoms with Crippen molar-refractivity contribution < 1.29 is 14.4 Å². The Hall–Kier alpha value is -1.39. The van der Waals surface area contributed by atoms with E-state index >= 15 is 0 Å². The summed E-state index contributed by atoms with van der Waals surface area (Å²) in [6, 6.07) is -0.539. The Morgan fingerprint density at radius 3 is 2.25 bits per heavy atom. The lowest BCUT2D eigenvalue weighted by atomic mass is 9.78. The van der Waals surface area contributed by atoms with E-state index in [0.717, 1.165) is 12.8 Å². The molecule has 1 saturated heterocycles. The van der Waals surface area contributed by atoms with E-state index in [1.165, 1.54) is 24.2 Å². The van der Waals surface area contributed by atoms with Gasteiger partial charge >= 0.3 is 6.03 Å². The Morgan fingerprint density at radius 1 is 1.10 bits per heavy atom. The van der Waals surface area contributed by atoms with Gasteiger partial charge in [0.1, 0.15) is 5.41 Å². The van der Waals surface area contributed by atoms with Crippen molar-refractivity contribution in [3.63, 3.8) is 0 Å². The number of barbiturate groups is 1. The van der Waals surface area contributed by atoms with Gasteiger partial charge in [0.15, 0.2) is 0 Å². The number of urea groups is 1. The van der Waals surface area contributed by atoms with Crippen molar-refractivity contribution >= 4 is 17.8 Å². The van der Waals surface area contributed by atoms with Gasteiger partial charge in [-0.05, 0) is 31.6 Å². The maximum atomic E-state index is 12.6. The molecule has 2 fully saturated rings. The minimum atomic E-state index is -1.05. The van der Waals surface area contributed by atoms with Crippen LogP contribution in [0, 0.1) is 11.3 Å². The fraction of sp³-hybridized carbons (Fsp3) is 0.800. The lowest BCUT2D eigenvalue weighted by molar-refractivity contribution is -0.152. The molecule has 112 valence electrons. The van der Waals surface area contributed by atoms with Crippen molar-refractivity contribution in [2.24, 2.45) is 11.3 Å². The highest BCUT2D eigenvalue weighted by molar-refractivity contribution is 6.19. The van der Waals surface area contributed by atoms with Gasteiger partial charge in [0, 0.05) is 6.54 Å². The third-order valence-corrected chi connectivity index (χ3v) is 4.93. The first-order valence-electron chi connectivity index (χ1n) is 7.72. The van der Waals surface area contributed by atoms with E-state index in [1.54, 1.807) is 0 Å². The molecule has 0 aromatic heterocycles. The molecule has 5 heteroatoms. The monoisotopic (exact) mass is 280 g/mol. The topological polar surface area (TPSA) is 66.5 Å². The zero-order valence-corrected chi connectivity index (χ0v) is 12.4. The average molecular weight is 280 g/mol. The lowest BCUT2D eigenvalue weighted by Crippen LogP contribution is -2.64. The summed E-state index contributed by atoms with van der Waals surface area (Å²) in [4.78, 5) is 38.0. The molecule has 1 saturated carbocycles. The normalized spacial score (nSPS) is 23.9. The molecule has 2 aliphatic rings. The van der Waals surface area contributed by atoms with E-state index in [1.807, 2.05) is 13.8 Å². The Bertz CT molecular complexity index is 409. The highest BCUT2D eigenvalue weighted by atomic mass is 16.2. The highest BCUT2D eigenvalue weighted by Crippen LogP contribution is 2.34. The van der Waals surface area contributed by atoms with Gasteiger partial charge in [-0.15, -0.1) is 0 Å². The van der Waals surface area contributed by atoms with Crippen molar-refractivity contribution in [2.75, 3.05) is 6.54 Å². The summed E-state index contributed by atoms with van der Waals surface area (Å²) in [5.41, 5.74) is -1.05. The van der Waals surface area contributed by atoms with Crippen molar-refractivity contribution in [2.45, 2.75) is 58.8 Å². The predicted molar refractivity (Wildman–Crippen MR) is 74.8 cm³/mol. The Morgan fingerprint density at radius 2 is 1.70 bits per heavy atom. The van der Waals surface area contributed by atoms with Crippen molar-refractivity contribution in [1.29, 1.82) is 0 Å². The van der Waals surface area contributed by atoms with Gasteiger partial charge in [0.25, 0.3) is 0 Å². The molecular formula is C15H24N2O3. The summed E-state index contributed by atoms with van der Waals surface area (Å²) in [6.07, 6.45) is 6.57. The molecule has 5 nitrogen and oxygen atoms in total. The molecule has 1 heterocycles. The van der Waals surface area contributed by atoms with Crippen LogP contribution < -0.4 is 5.32 Å². The number of hydrogen-bond acceptors (Lipinski definition) is 3. The summed E-state index contributed by atoms with van der Waals surface area (Å²) < 4.78 is 0. The zero-order chi connectivity index (χ0) is 14.8. The molecule has 0 radical (unpaired) electrons. The molecule has 4 amide bonds. The standard InChI is InChI=1S/C15H24N2O3/c1-3-15(4-2)12(18)16-14(20)17(13(15)19)10-11-8-6-5-7-9-11/h11H,3-10H2,1-2H3,(H,16,18,20). The maximum Gasteiger partial charge on any atom is 0.330 e. The third-order valence-electron chi connectivity index (χ3n) is 4.93. The molecule has 0 atom stereocenters. The first kappa shape index (κ1) is 15.0. The lowest BCUT2D eigenvalue weighted by Gasteiger charge is -2.39. The maximum absolute atomic E-state index is 12.6. The Balaban J connectivity index is 2.16. The largest absolute Gasteiger partial charge is 0.330 e. The van der Waals surface area contributed by atoms with Gasteiger partial charge in [0.2, 0.25) is 11.8 Å². The summed E-state index contributed by atoms with van der Waals surface area (Å²) >= 11 is 0. The molecule has 1 aliphatic heterocycles. The first-order chi connectivity index (χ1) is 9.55. The minimum absolute atomic E-state index is 0.304. The fourth-order valence-electron chi connectivity index (χ4n) is 3.40. The van der Waals surface area contributed by atoms with Crippen LogP contribution in [0.15, 0.2) is 0 Å². The van der Waals surface area contributed by atoms with Gasteiger partial charge in [-0.2, -0.15) is 0 Å². The summed E-state index contributed by atoms with van der Waals surface area (Å²) in [7, 11) is 0. The van der Waals surface area contributed by atoms with Crippen LogP contribution in [-0.2, 0) is 9.59 Å². The summed E-state index contributed by atoms with van der Waals surface area (Å²) in [5, 5.41) is 2.37. The molecule has 0 spiro atoms. The van der Waals surface area contributed by atoms with Crippen molar-refractivity contribution in [1.82, 2.24) is 10.2 Å². The van der Waals surface area contributed by atoms with Crippen molar-refractivity contribution in [3.05, 3.63) is 0 Å². The van der Waals surface area contributed by atoms with Gasteiger partial charge in [-0.25, -0.2) is 4.79 Å².